The van der Waals surface area contributed by atoms with Gasteiger partial charge < -0.3 is 11.1 Å². The Hall–Kier alpha value is -2.44. The van der Waals surface area contributed by atoms with Crippen molar-refractivity contribution in [1.29, 1.82) is 0 Å². The summed E-state index contributed by atoms with van der Waals surface area (Å²) in [5, 5.41) is 3.12. The van der Waals surface area contributed by atoms with Crippen LogP contribution in [0.15, 0.2) is 76.8 Å². The van der Waals surface area contributed by atoms with E-state index in [2.05, 4.69) is 16.9 Å². The molecule has 1 saturated carbocycles. The Kier molecular flexibility index (Phi) is 7.01. The van der Waals surface area contributed by atoms with Crippen molar-refractivity contribution in [3.05, 3.63) is 72.4 Å². The molecule has 0 aliphatic heterocycles. The molecule has 0 radical (unpaired) electrons. The van der Waals surface area contributed by atoms with Crippen molar-refractivity contribution in [2.45, 2.75) is 37.1 Å². The summed E-state index contributed by atoms with van der Waals surface area (Å²) in [6, 6.07) is 17.3. The largest absolute Gasteiger partial charge is 0.369 e. The van der Waals surface area contributed by atoms with Crippen LogP contribution in [0, 0.1) is 5.92 Å². The van der Waals surface area contributed by atoms with Crippen LogP contribution in [-0.4, -0.2) is 21.5 Å². The molecule has 6 heteroatoms. The van der Waals surface area contributed by atoms with Crippen LogP contribution in [0.1, 0.15) is 31.2 Å². The van der Waals surface area contributed by atoms with Crippen LogP contribution >= 0.6 is 0 Å². The van der Waals surface area contributed by atoms with Gasteiger partial charge in [-0.1, -0.05) is 49.8 Å². The Morgan fingerprint density at radius 2 is 1.82 bits per heavy atom. The van der Waals surface area contributed by atoms with Crippen molar-refractivity contribution in [3.8, 4) is 0 Å². The zero-order valence-electron chi connectivity index (χ0n) is 16.3. The number of aliphatic imine (C=N–C) groups is 1. The molecule has 0 heterocycles. The van der Waals surface area contributed by atoms with Crippen molar-refractivity contribution in [1.82, 2.24) is 9.62 Å². The van der Waals surface area contributed by atoms with Crippen molar-refractivity contribution in [2.24, 2.45) is 16.6 Å². The predicted molar refractivity (Wildman–Crippen MR) is 116 cm³/mol. The maximum Gasteiger partial charge on any atom is 0.198 e. The highest BCUT2D eigenvalue weighted by Crippen LogP contribution is 2.28. The number of rotatable bonds is 7. The Bertz CT molecular complexity index is 843. The fourth-order valence-electron chi connectivity index (χ4n) is 3.42. The van der Waals surface area contributed by atoms with E-state index in [1.54, 1.807) is 0 Å². The van der Waals surface area contributed by atoms with E-state index in [1.165, 1.54) is 12.8 Å². The molecule has 3 N–H and O–H groups in total. The van der Waals surface area contributed by atoms with Crippen LogP contribution in [0.2, 0.25) is 0 Å². The van der Waals surface area contributed by atoms with Gasteiger partial charge in [-0.05, 0) is 48.6 Å². The van der Waals surface area contributed by atoms with Crippen LogP contribution < -0.4 is 11.1 Å². The van der Waals surface area contributed by atoms with E-state index in [0.29, 0.717) is 18.4 Å². The standard InChI is InChI=1S/C22H28N4OS/c1-17(19-10-6-7-11-19)24-22(23)25-20-12-14-21(15-13-20)28(27)26(2)16-18-8-4-3-5-9-18/h3-5,8-9,12-15,19H,1,6-7,10-11,16H2,2H3,(H3,23,24,25). The van der Waals surface area contributed by atoms with Gasteiger partial charge in [-0.2, -0.15) is 0 Å². The van der Waals surface area contributed by atoms with Gasteiger partial charge in [0.05, 0.1) is 10.6 Å². The number of hydrogen-bond donors (Lipinski definition) is 2. The van der Waals surface area contributed by atoms with Crippen LogP contribution in [-0.2, 0) is 17.5 Å². The summed E-state index contributed by atoms with van der Waals surface area (Å²) in [5.74, 6) is 0.825. The van der Waals surface area contributed by atoms with Crippen molar-refractivity contribution in [2.75, 3.05) is 7.05 Å². The summed E-state index contributed by atoms with van der Waals surface area (Å²) in [4.78, 5) is 5.13. The average Bonchev–Trinajstić information content (AvgIpc) is 3.24. The van der Waals surface area contributed by atoms with E-state index < -0.39 is 11.0 Å². The van der Waals surface area contributed by atoms with E-state index in [-0.39, 0.29) is 0 Å². The third kappa shape index (κ3) is 5.53. The highest BCUT2D eigenvalue weighted by atomic mass is 32.2. The van der Waals surface area contributed by atoms with Gasteiger partial charge in [0.1, 0.15) is 11.0 Å². The Morgan fingerprint density at radius 1 is 1.18 bits per heavy atom. The number of guanidine groups is 1. The Labute approximate surface area is 169 Å². The van der Waals surface area contributed by atoms with Gasteiger partial charge in [-0.15, -0.1) is 0 Å². The van der Waals surface area contributed by atoms with Gasteiger partial charge in [0.2, 0.25) is 0 Å². The normalized spacial score (nSPS) is 16.3. The van der Waals surface area contributed by atoms with Crippen molar-refractivity contribution >= 4 is 22.6 Å². The highest BCUT2D eigenvalue weighted by Gasteiger charge is 2.18. The minimum Gasteiger partial charge on any atom is -0.369 e. The molecule has 148 valence electrons. The summed E-state index contributed by atoms with van der Waals surface area (Å²) < 4.78 is 14.5. The first-order chi connectivity index (χ1) is 13.5. The van der Waals surface area contributed by atoms with E-state index in [1.807, 2.05) is 66.0 Å². The third-order valence-electron chi connectivity index (χ3n) is 4.96. The molecule has 0 aromatic heterocycles. The number of nitrogens with zero attached hydrogens (tertiary/aromatic N) is 2. The molecule has 5 nitrogen and oxygen atoms in total. The van der Waals surface area contributed by atoms with E-state index in [9.17, 15) is 4.21 Å². The van der Waals surface area contributed by atoms with Gasteiger partial charge in [-0.25, -0.2) is 13.5 Å². The quantitative estimate of drug-likeness (QED) is 0.547. The van der Waals surface area contributed by atoms with E-state index in [0.717, 1.165) is 34.7 Å². The second kappa shape index (κ2) is 9.66. The SMILES string of the molecule is C=C(NC(N)=Nc1ccc(S(=O)N(C)Cc2ccccc2)cc1)C1CCCC1. The number of benzene rings is 2. The zero-order chi connectivity index (χ0) is 19.9. The van der Waals surface area contributed by atoms with Crippen LogP contribution in [0.5, 0.6) is 0 Å². The summed E-state index contributed by atoms with van der Waals surface area (Å²) in [5.41, 5.74) is 8.80. The second-order valence-electron chi connectivity index (χ2n) is 7.14. The molecule has 2 aromatic carbocycles. The fourth-order valence-corrected chi connectivity index (χ4v) is 4.42. The molecular weight excluding hydrogens is 368 g/mol. The molecule has 0 saturated heterocycles. The third-order valence-corrected chi connectivity index (χ3v) is 6.33. The molecule has 1 unspecified atom stereocenters. The number of allylic oxidation sites excluding steroid dienone is 1. The minimum absolute atomic E-state index is 0.340. The molecule has 3 rings (SSSR count). The van der Waals surface area contributed by atoms with Crippen molar-refractivity contribution < 1.29 is 4.21 Å². The van der Waals surface area contributed by atoms with Crippen LogP contribution in [0.25, 0.3) is 0 Å². The highest BCUT2D eigenvalue weighted by molar-refractivity contribution is 7.82. The lowest BCUT2D eigenvalue weighted by Crippen LogP contribution is -2.32. The molecule has 1 aliphatic rings. The first-order valence-electron chi connectivity index (χ1n) is 9.60. The molecule has 28 heavy (non-hydrogen) atoms. The van der Waals surface area contributed by atoms with Crippen LogP contribution in [0.3, 0.4) is 0 Å². The summed E-state index contributed by atoms with van der Waals surface area (Å²) in [6.45, 7) is 4.71. The average molecular weight is 397 g/mol. The molecule has 1 fully saturated rings. The Balaban J connectivity index is 1.59. The lowest BCUT2D eigenvalue weighted by atomic mass is 10.1. The van der Waals surface area contributed by atoms with Gasteiger partial charge in [0.15, 0.2) is 5.96 Å². The molecule has 0 amide bonds. The van der Waals surface area contributed by atoms with Gasteiger partial charge >= 0.3 is 0 Å². The first kappa shape index (κ1) is 20.3. The molecule has 0 spiro atoms. The number of nitrogens with two attached hydrogens (primary N) is 1. The fraction of sp³-hybridized carbons (Fsp3) is 0.318. The lowest BCUT2D eigenvalue weighted by Gasteiger charge is -2.16. The zero-order valence-corrected chi connectivity index (χ0v) is 17.1. The molecule has 1 aliphatic carbocycles. The first-order valence-corrected chi connectivity index (χ1v) is 10.7. The van der Waals surface area contributed by atoms with E-state index >= 15 is 0 Å². The smallest absolute Gasteiger partial charge is 0.198 e. The van der Waals surface area contributed by atoms with Crippen molar-refractivity contribution in [3.63, 3.8) is 0 Å². The monoisotopic (exact) mass is 396 g/mol. The topological polar surface area (TPSA) is 70.7 Å². The lowest BCUT2D eigenvalue weighted by molar-refractivity contribution is 0.520. The predicted octanol–water partition coefficient (Wildman–Crippen LogP) is 4.08. The molecular formula is C22H28N4OS. The maximum atomic E-state index is 12.7. The Morgan fingerprint density at radius 3 is 2.46 bits per heavy atom. The summed E-state index contributed by atoms with van der Waals surface area (Å²) >= 11 is 0. The van der Waals surface area contributed by atoms with Gasteiger partial charge in [-0.3, -0.25) is 0 Å². The number of nitrogens with one attached hydrogen (secondary N) is 1. The van der Waals surface area contributed by atoms with E-state index in [4.69, 9.17) is 5.73 Å². The molecule has 1 atom stereocenters. The second-order valence-corrected chi connectivity index (χ2v) is 8.74. The number of hydrogen-bond acceptors (Lipinski definition) is 2. The summed E-state index contributed by atoms with van der Waals surface area (Å²) in [6.07, 6.45) is 4.83. The maximum absolute atomic E-state index is 12.7. The van der Waals surface area contributed by atoms with Gasteiger partial charge in [0.25, 0.3) is 0 Å². The molecule has 2 aromatic rings. The van der Waals surface area contributed by atoms with Gasteiger partial charge in [0, 0.05) is 19.3 Å². The van der Waals surface area contributed by atoms with Crippen LogP contribution in [0.4, 0.5) is 5.69 Å². The minimum atomic E-state index is -1.24. The summed E-state index contributed by atoms with van der Waals surface area (Å²) in [7, 11) is 0.616. The molecule has 0 bridgehead atoms.